The predicted octanol–water partition coefficient (Wildman–Crippen LogP) is 3.14. The summed E-state index contributed by atoms with van der Waals surface area (Å²) in [7, 11) is 0. The highest BCUT2D eigenvalue weighted by Crippen LogP contribution is 2.51. The van der Waals surface area contributed by atoms with Gasteiger partial charge in [-0.15, -0.1) is 0 Å². The molecule has 0 aromatic heterocycles. The van der Waals surface area contributed by atoms with Crippen LogP contribution in [0, 0.1) is 22.6 Å². The standard InChI is InChI=1S/C11H18BN/c1-10-2-3-11(8-10)4-6-12(9-13)7-5-11/h10H,2-8H2,1H3. The van der Waals surface area contributed by atoms with E-state index in [-0.39, 0.29) is 0 Å². The predicted molar refractivity (Wildman–Crippen MR) is 55.7 cm³/mol. The molecule has 0 aromatic carbocycles. The maximum absolute atomic E-state index is 8.82. The SMILES string of the molecule is CC1CCC2(CCB(C#N)CC2)C1. The Morgan fingerprint density at radius 1 is 1.31 bits per heavy atom. The molecule has 1 saturated heterocycles. The molecular formula is C11H18BN. The Hall–Kier alpha value is -0.445. The molecule has 2 aliphatic rings. The Labute approximate surface area is 81.6 Å². The first kappa shape index (κ1) is 9.12. The third-order valence-electron chi connectivity index (χ3n) is 4.18. The lowest BCUT2D eigenvalue weighted by Crippen LogP contribution is -2.28. The van der Waals surface area contributed by atoms with Crippen molar-refractivity contribution in [2.45, 2.75) is 51.7 Å². The molecule has 1 aliphatic carbocycles. The van der Waals surface area contributed by atoms with E-state index in [1.165, 1.54) is 44.7 Å². The van der Waals surface area contributed by atoms with Gasteiger partial charge in [-0.3, -0.25) is 0 Å². The Balaban J connectivity index is 1.94. The van der Waals surface area contributed by atoms with Crippen LogP contribution in [0.25, 0.3) is 0 Å². The first-order chi connectivity index (χ1) is 6.24. The van der Waals surface area contributed by atoms with Gasteiger partial charge < -0.3 is 0 Å². The van der Waals surface area contributed by atoms with Gasteiger partial charge in [0, 0.05) is 5.97 Å². The summed E-state index contributed by atoms with van der Waals surface area (Å²) in [4.78, 5) is 0. The first-order valence-corrected chi connectivity index (χ1v) is 5.64. The van der Waals surface area contributed by atoms with Crippen LogP contribution in [0.2, 0.25) is 12.6 Å². The fourth-order valence-electron chi connectivity index (χ4n) is 3.31. The van der Waals surface area contributed by atoms with Crippen molar-refractivity contribution >= 4 is 6.71 Å². The molecule has 0 radical (unpaired) electrons. The van der Waals surface area contributed by atoms with E-state index in [0.29, 0.717) is 12.1 Å². The highest BCUT2D eigenvalue weighted by atomic mass is 14.4. The molecule has 1 nitrogen and oxygen atoms in total. The second-order valence-corrected chi connectivity index (χ2v) is 5.25. The average molecular weight is 175 g/mol. The molecule has 1 atom stereocenters. The van der Waals surface area contributed by atoms with Crippen LogP contribution in [-0.2, 0) is 0 Å². The minimum absolute atomic E-state index is 0.376. The highest BCUT2D eigenvalue weighted by molar-refractivity contribution is 6.67. The maximum atomic E-state index is 8.82. The van der Waals surface area contributed by atoms with E-state index >= 15 is 0 Å². The molecule has 2 heteroatoms. The molecule has 1 heterocycles. The van der Waals surface area contributed by atoms with Crippen LogP contribution < -0.4 is 0 Å². The van der Waals surface area contributed by atoms with E-state index < -0.39 is 0 Å². The van der Waals surface area contributed by atoms with Gasteiger partial charge in [0.1, 0.15) is 0 Å². The second kappa shape index (κ2) is 3.37. The van der Waals surface area contributed by atoms with Crippen molar-refractivity contribution in [2.75, 3.05) is 0 Å². The number of rotatable bonds is 0. The molecule has 0 amide bonds. The molecule has 0 N–H and O–H groups in total. The van der Waals surface area contributed by atoms with Gasteiger partial charge >= 0.3 is 0 Å². The van der Waals surface area contributed by atoms with Crippen molar-refractivity contribution in [3.05, 3.63) is 0 Å². The second-order valence-electron chi connectivity index (χ2n) is 5.25. The first-order valence-electron chi connectivity index (χ1n) is 5.64. The highest BCUT2D eigenvalue weighted by Gasteiger charge is 2.41. The third-order valence-corrected chi connectivity index (χ3v) is 4.18. The fraction of sp³-hybridized carbons (Fsp3) is 0.909. The summed E-state index contributed by atoms with van der Waals surface area (Å²) in [6, 6.07) is 0. The summed E-state index contributed by atoms with van der Waals surface area (Å²) in [6.07, 6.45) is 9.30. The smallest absolute Gasteiger partial charge is 0.213 e. The van der Waals surface area contributed by atoms with Crippen LogP contribution in [0.4, 0.5) is 0 Å². The number of hydrogen-bond donors (Lipinski definition) is 0. The summed E-state index contributed by atoms with van der Waals surface area (Å²) in [6.45, 7) is 2.76. The van der Waals surface area contributed by atoms with E-state index in [0.717, 1.165) is 5.92 Å². The molecule has 1 spiro atoms. The summed E-state index contributed by atoms with van der Waals surface area (Å²) in [5.74, 6) is 3.36. The summed E-state index contributed by atoms with van der Waals surface area (Å²) < 4.78 is 0. The average Bonchev–Trinajstić information content (AvgIpc) is 2.49. The van der Waals surface area contributed by atoms with Gasteiger partial charge in [0.2, 0.25) is 0 Å². The van der Waals surface area contributed by atoms with Crippen LogP contribution in [0.15, 0.2) is 0 Å². The quantitative estimate of drug-likeness (QED) is 0.519. The van der Waals surface area contributed by atoms with Crippen molar-refractivity contribution in [2.24, 2.45) is 11.3 Å². The lowest BCUT2D eigenvalue weighted by molar-refractivity contribution is 0.252. The summed E-state index contributed by atoms with van der Waals surface area (Å²) >= 11 is 0. The van der Waals surface area contributed by atoms with Crippen LogP contribution >= 0.6 is 0 Å². The van der Waals surface area contributed by atoms with E-state index in [9.17, 15) is 0 Å². The molecule has 2 fully saturated rings. The number of nitrogens with zero attached hydrogens (tertiary/aromatic N) is 1. The van der Waals surface area contributed by atoms with Crippen molar-refractivity contribution in [1.82, 2.24) is 0 Å². The Kier molecular flexibility index (Phi) is 2.36. The Morgan fingerprint density at radius 2 is 2.00 bits per heavy atom. The molecule has 0 aromatic rings. The summed E-state index contributed by atoms with van der Waals surface area (Å²) in [5.41, 5.74) is 0.673. The molecule has 70 valence electrons. The zero-order valence-electron chi connectivity index (χ0n) is 8.55. The molecule has 13 heavy (non-hydrogen) atoms. The third kappa shape index (κ3) is 1.75. The molecular weight excluding hydrogens is 157 g/mol. The lowest BCUT2D eigenvalue weighted by atomic mass is 9.39. The minimum Gasteiger partial charge on any atom is -0.213 e. The van der Waals surface area contributed by atoms with Crippen LogP contribution in [-0.4, -0.2) is 6.71 Å². The Bertz CT molecular complexity index is 223. The van der Waals surface area contributed by atoms with E-state index in [2.05, 4.69) is 12.9 Å². The zero-order valence-corrected chi connectivity index (χ0v) is 8.55. The normalized spacial score (nSPS) is 32.0. The van der Waals surface area contributed by atoms with Crippen molar-refractivity contribution in [3.8, 4) is 5.97 Å². The molecule has 0 bridgehead atoms. The van der Waals surface area contributed by atoms with E-state index in [1.54, 1.807) is 0 Å². The molecule has 2 rings (SSSR count). The van der Waals surface area contributed by atoms with Crippen molar-refractivity contribution in [3.63, 3.8) is 0 Å². The van der Waals surface area contributed by atoms with E-state index in [1.807, 2.05) is 0 Å². The maximum Gasteiger partial charge on any atom is 0.267 e. The largest absolute Gasteiger partial charge is 0.267 e. The zero-order chi connectivity index (χ0) is 9.31. The van der Waals surface area contributed by atoms with Gasteiger partial charge in [-0.25, -0.2) is 5.26 Å². The number of nitriles is 1. The van der Waals surface area contributed by atoms with E-state index in [4.69, 9.17) is 5.26 Å². The lowest BCUT2D eigenvalue weighted by Gasteiger charge is -2.34. The van der Waals surface area contributed by atoms with Crippen LogP contribution in [0.3, 0.4) is 0 Å². The van der Waals surface area contributed by atoms with Gasteiger partial charge in [0.05, 0.1) is 0 Å². The van der Waals surface area contributed by atoms with Crippen molar-refractivity contribution < 1.29 is 0 Å². The fourth-order valence-corrected chi connectivity index (χ4v) is 3.31. The molecule has 1 unspecified atom stereocenters. The molecule has 1 saturated carbocycles. The minimum atomic E-state index is 0.376. The van der Waals surface area contributed by atoms with Crippen LogP contribution in [0.5, 0.6) is 0 Å². The van der Waals surface area contributed by atoms with Gasteiger partial charge in [-0.2, -0.15) is 0 Å². The van der Waals surface area contributed by atoms with Crippen molar-refractivity contribution in [1.29, 1.82) is 5.26 Å². The van der Waals surface area contributed by atoms with Gasteiger partial charge in [0.15, 0.2) is 0 Å². The monoisotopic (exact) mass is 175 g/mol. The van der Waals surface area contributed by atoms with Gasteiger partial charge in [0.25, 0.3) is 6.71 Å². The number of hydrogen-bond acceptors (Lipinski definition) is 1. The van der Waals surface area contributed by atoms with Gasteiger partial charge in [-0.1, -0.05) is 38.8 Å². The molecule has 1 aliphatic heterocycles. The Morgan fingerprint density at radius 3 is 2.46 bits per heavy atom. The summed E-state index contributed by atoms with van der Waals surface area (Å²) in [5, 5.41) is 8.82. The van der Waals surface area contributed by atoms with Gasteiger partial charge in [-0.05, 0) is 24.2 Å². The van der Waals surface area contributed by atoms with Crippen LogP contribution in [0.1, 0.15) is 39.0 Å². The topological polar surface area (TPSA) is 23.8 Å².